The number of nitrogens with zero attached hydrogens (tertiary/aromatic N) is 6. The van der Waals surface area contributed by atoms with Crippen LogP contribution < -0.4 is 11.2 Å². The van der Waals surface area contributed by atoms with E-state index in [1.165, 1.54) is 18.7 Å². The average molecular weight is 399 g/mol. The molecule has 9 heteroatoms. The summed E-state index contributed by atoms with van der Waals surface area (Å²) >= 11 is 3.30. The highest BCUT2D eigenvalue weighted by atomic mass is 79.9. The Labute approximate surface area is 149 Å². The van der Waals surface area contributed by atoms with E-state index in [1.807, 2.05) is 0 Å². The summed E-state index contributed by atoms with van der Waals surface area (Å²) in [6.45, 7) is 0.0944. The molecule has 0 radical (unpaired) electrons. The van der Waals surface area contributed by atoms with Crippen LogP contribution in [-0.2, 0) is 20.6 Å². The molecule has 0 aliphatic heterocycles. The van der Waals surface area contributed by atoms with Crippen molar-refractivity contribution in [2.45, 2.75) is 6.54 Å². The largest absolute Gasteiger partial charge is 0.332 e. The van der Waals surface area contributed by atoms with Gasteiger partial charge in [0.2, 0.25) is 0 Å². The lowest BCUT2D eigenvalue weighted by atomic mass is 10.0. The predicted octanol–water partition coefficient (Wildman–Crippen LogP) is 0.988. The molecule has 0 aliphatic rings. The molecule has 0 aliphatic carbocycles. The van der Waals surface area contributed by atoms with E-state index in [0.29, 0.717) is 21.4 Å². The molecule has 3 aromatic rings. The SMILES string of the molecule is Cn1c(=O)c2c(nc(Br)n2Cc2c(C#N)cccc2C#N)n(C)c1=O. The van der Waals surface area contributed by atoms with E-state index < -0.39 is 11.2 Å². The molecule has 0 saturated carbocycles. The Morgan fingerprint density at radius 3 is 2.28 bits per heavy atom. The van der Waals surface area contributed by atoms with Gasteiger partial charge in [-0.3, -0.25) is 13.9 Å². The zero-order chi connectivity index (χ0) is 18.3. The summed E-state index contributed by atoms with van der Waals surface area (Å²) in [5.74, 6) is 0. The first kappa shape index (κ1) is 16.7. The van der Waals surface area contributed by atoms with Crippen LogP contribution in [0.5, 0.6) is 0 Å². The van der Waals surface area contributed by atoms with Crippen molar-refractivity contribution in [1.29, 1.82) is 10.5 Å². The monoisotopic (exact) mass is 398 g/mol. The van der Waals surface area contributed by atoms with Crippen LogP contribution in [-0.4, -0.2) is 18.7 Å². The molecule has 2 heterocycles. The van der Waals surface area contributed by atoms with Crippen molar-refractivity contribution in [3.05, 3.63) is 60.5 Å². The fourth-order valence-corrected chi connectivity index (χ4v) is 3.16. The number of hydrogen-bond donors (Lipinski definition) is 0. The van der Waals surface area contributed by atoms with Crippen molar-refractivity contribution >= 4 is 27.1 Å². The number of rotatable bonds is 2. The highest BCUT2D eigenvalue weighted by Gasteiger charge is 2.20. The van der Waals surface area contributed by atoms with Gasteiger partial charge in [0, 0.05) is 19.7 Å². The molecule has 1 aromatic carbocycles. The molecule has 0 unspecified atom stereocenters. The van der Waals surface area contributed by atoms with Crippen molar-refractivity contribution in [2.75, 3.05) is 0 Å². The first-order valence-corrected chi connectivity index (χ1v) is 7.93. The summed E-state index contributed by atoms with van der Waals surface area (Å²) < 4.78 is 4.15. The highest BCUT2D eigenvalue weighted by molar-refractivity contribution is 9.10. The van der Waals surface area contributed by atoms with Crippen molar-refractivity contribution < 1.29 is 0 Å². The number of nitriles is 2. The maximum Gasteiger partial charge on any atom is 0.332 e. The van der Waals surface area contributed by atoms with Crippen LogP contribution in [0.2, 0.25) is 0 Å². The van der Waals surface area contributed by atoms with Gasteiger partial charge in [-0.2, -0.15) is 10.5 Å². The Kier molecular flexibility index (Phi) is 4.03. The van der Waals surface area contributed by atoms with Gasteiger partial charge in [0.1, 0.15) is 0 Å². The number of hydrogen-bond acceptors (Lipinski definition) is 5. The van der Waals surface area contributed by atoms with E-state index in [2.05, 4.69) is 33.1 Å². The van der Waals surface area contributed by atoms with Gasteiger partial charge in [0.25, 0.3) is 5.56 Å². The Bertz CT molecular complexity index is 1190. The Balaban J connectivity index is 2.36. The highest BCUT2D eigenvalue weighted by Crippen LogP contribution is 2.21. The van der Waals surface area contributed by atoms with E-state index in [-0.39, 0.29) is 17.7 Å². The van der Waals surface area contributed by atoms with E-state index >= 15 is 0 Å². The maximum atomic E-state index is 12.6. The van der Waals surface area contributed by atoms with Gasteiger partial charge >= 0.3 is 5.69 Å². The average Bonchev–Trinajstić information content (AvgIpc) is 2.95. The minimum Gasteiger partial charge on any atom is -0.308 e. The predicted molar refractivity (Wildman–Crippen MR) is 92.9 cm³/mol. The molecular weight excluding hydrogens is 388 g/mol. The standard InChI is InChI=1S/C16H11BrN6O2/c1-21-13-12(14(24)22(2)16(21)25)23(15(17)20-13)8-11-9(6-18)4-3-5-10(11)7-19/h3-5H,8H2,1-2H3. The number of aromatic nitrogens is 4. The number of benzene rings is 1. The summed E-state index contributed by atoms with van der Waals surface area (Å²) in [5, 5.41) is 18.6. The lowest BCUT2D eigenvalue weighted by Crippen LogP contribution is -2.37. The van der Waals surface area contributed by atoms with Crippen LogP contribution in [0.1, 0.15) is 16.7 Å². The summed E-state index contributed by atoms with van der Waals surface area (Å²) in [6, 6.07) is 8.96. The minimum absolute atomic E-state index is 0.0944. The molecule has 0 fully saturated rings. The molecule has 2 aromatic heterocycles. The molecule has 8 nitrogen and oxygen atoms in total. The molecule has 0 saturated heterocycles. The molecule has 0 N–H and O–H groups in total. The summed E-state index contributed by atoms with van der Waals surface area (Å²) in [6.07, 6.45) is 0. The third-order valence-electron chi connectivity index (χ3n) is 4.03. The number of imidazole rings is 1. The van der Waals surface area contributed by atoms with Gasteiger partial charge in [0.15, 0.2) is 15.9 Å². The van der Waals surface area contributed by atoms with Crippen molar-refractivity contribution in [1.82, 2.24) is 18.7 Å². The molecule has 25 heavy (non-hydrogen) atoms. The molecule has 0 spiro atoms. The Morgan fingerprint density at radius 2 is 1.72 bits per heavy atom. The van der Waals surface area contributed by atoms with Crippen LogP contribution in [0.3, 0.4) is 0 Å². The first-order chi connectivity index (χ1) is 11.9. The maximum absolute atomic E-state index is 12.6. The molecule has 0 atom stereocenters. The molecule has 3 rings (SSSR count). The van der Waals surface area contributed by atoms with E-state index in [9.17, 15) is 20.1 Å². The van der Waals surface area contributed by atoms with E-state index in [0.717, 1.165) is 4.57 Å². The number of fused-ring (bicyclic) bond motifs is 1. The second-order valence-corrected chi connectivity index (χ2v) is 6.11. The molecular formula is C16H11BrN6O2. The Hall–Kier alpha value is -3.17. The van der Waals surface area contributed by atoms with Crippen molar-refractivity contribution in [3.63, 3.8) is 0 Å². The quantitative estimate of drug-likeness (QED) is 0.597. The fraction of sp³-hybridized carbons (Fsp3) is 0.188. The smallest absolute Gasteiger partial charge is 0.308 e. The number of halogens is 1. The van der Waals surface area contributed by atoms with Crippen LogP contribution in [0.15, 0.2) is 32.5 Å². The third kappa shape index (κ3) is 2.46. The third-order valence-corrected chi connectivity index (χ3v) is 4.64. The zero-order valence-corrected chi connectivity index (χ0v) is 14.9. The van der Waals surface area contributed by atoms with Gasteiger partial charge in [-0.15, -0.1) is 0 Å². The number of aryl methyl sites for hydroxylation is 1. The fourth-order valence-electron chi connectivity index (χ4n) is 2.69. The van der Waals surface area contributed by atoms with Crippen LogP contribution in [0, 0.1) is 22.7 Å². The van der Waals surface area contributed by atoms with Gasteiger partial charge in [-0.25, -0.2) is 9.78 Å². The minimum atomic E-state index is -0.496. The van der Waals surface area contributed by atoms with Crippen LogP contribution in [0.25, 0.3) is 11.2 Å². The second-order valence-electron chi connectivity index (χ2n) is 5.40. The van der Waals surface area contributed by atoms with Gasteiger partial charge in [-0.1, -0.05) is 6.07 Å². The summed E-state index contributed by atoms with van der Waals surface area (Å²) in [7, 11) is 2.91. The zero-order valence-electron chi connectivity index (χ0n) is 13.3. The van der Waals surface area contributed by atoms with E-state index in [1.54, 1.807) is 22.8 Å². The lowest BCUT2D eigenvalue weighted by molar-refractivity contribution is 0.701. The van der Waals surface area contributed by atoms with Gasteiger partial charge in [0.05, 0.1) is 29.8 Å². The first-order valence-electron chi connectivity index (χ1n) is 7.14. The van der Waals surface area contributed by atoms with Crippen molar-refractivity contribution in [2.24, 2.45) is 14.1 Å². The van der Waals surface area contributed by atoms with Gasteiger partial charge < -0.3 is 4.57 Å². The Morgan fingerprint density at radius 1 is 1.12 bits per heavy atom. The van der Waals surface area contributed by atoms with Gasteiger partial charge in [-0.05, 0) is 28.1 Å². The van der Waals surface area contributed by atoms with Crippen molar-refractivity contribution in [3.8, 4) is 12.1 Å². The normalized spacial score (nSPS) is 10.6. The summed E-state index contributed by atoms with van der Waals surface area (Å²) in [5.41, 5.74) is 0.641. The van der Waals surface area contributed by atoms with Crippen LogP contribution >= 0.6 is 15.9 Å². The van der Waals surface area contributed by atoms with Crippen LogP contribution in [0.4, 0.5) is 0 Å². The topological polar surface area (TPSA) is 109 Å². The molecule has 0 amide bonds. The second kappa shape index (κ2) is 6.04. The molecule has 0 bridgehead atoms. The summed E-state index contributed by atoms with van der Waals surface area (Å²) in [4.78, 5) is 28.9. The van der Waals surface area contributed by atoms with E-state index in [4.69, 9.17) is 0 Å². The lowest BCUT2D eigenvalue weighted by Gasteiger charge is -2.10. The molecule has 124 valence electrons.